The molecule has 0 amide bonds. The Morgan fingerprint density at radius 3 is 1.17 bits per heavy atom. The van der Waals surface area contributed by atoms with Gasteiger partial charge in [0.2, 0.25) is 0 Å². The second kappa shape index (κ2) is 13.7. The van der Waals surface area contributed by atoms with Crippen LogP contribution in [0.25, 0.3) is 119 Å². The molecule has 0 aliphatic heterocycles. The summed E-state index contributed by atoms with van der Waals surface area (Å²) in [6.45, 7) is 0. The highest BCUT2D eigenvalue weighted by Gasteiger charge is 2.23. The molecule has 0 unspecified atom stereocenters. The molecule has 59 heavy (non-hydrogen) atoms. The van der Waals surface area contributed by atoms with Crippen LogP contribution in [0.1, 0.15) is 0 Å². The fourth-order valence-electron chi connectivity index (χ4n) is 9.80. The van der Waals surface area contributed by atoms with Gasteiger partial charge in [-0.1, -0.05) is 206 Å². The molecule has 0 aliphatic rings. The van der Waals surface area contributed by atoms with Crippen molar-refractivity contribution >= 4 is 74.6 Å². The average Bonchev–Trinajstić information content (AvgIpc) is 3.70. The van der Waals surface area contributed by atoms with E-state index in [2.05, 4.69) is 218 Å². The largest absolute Gasteiger partial charge is 0.135 e. The molecular formula is C58H36S. The summed E-state index contributed by atoms with van der Waals surface area (Å²) in [5.41, 5.74) is 12.6. The summed E-state index contributed by atoms with van der Waals surface area (Å²) in [5.74, 6) is 0. The zero-order valence-electron chi connectivity index (χ0n) is 32.2. The van der Waals surface area contributed by atoms with Gasteiger partial charge in [-0.05, 0) is 105 Å². The van der Waals surface area contributed by atoms with Gasteiger partial charge in [0.25, 0.3) is 0 Å². The molecule has 0 bridgehead atoms. The van der Waals surface area contributed by atoms with Gasteiger partial charge in [-0.25, -0.2) is 0 Å². The fraction of sp³-hybridized carbons (Fsp3) is 0. The quantitative estimate of drug-likeness (QED) is 0.153. The van der Waals surface area contributed by atoms with E-state index < -0.39 is 0 Å². The number of hydrogen-bond donors (Lipinski definition) is 0. The first-order valence-electron chi connectivity index (χ1n) is 20.3. The molecule has 1 aromatic heterocycles. The molecule has 0 atom stereocenters. The zero-order chi connectivity index (χ0) is 38.9. The average molecular weight is 765 g/mol. The number of rotatable bonds is 5. The molecule has 11 aromatic carbocycles. The minimum Gasteiger partial charge on any atom is -0.135 e. The molecule has 0 nitrogen and oxygen atoms in total. The lowest BCUT2D eigenvalue weighted by Crippen LogP contribution is -1.92. The van der Waals surface area contributed by atoms with Crippen molar-refractivity contribution in [3.63, 3.8) is 0 Å². The van der Waals surface area contributed by atoms with Crippen LogP contribution in [0.15, 0.2) is 218 Å². The van der Waals surface area contributed by atoms with E-state index >= 15 is 0 Å². The molecule has 12 rings (SSSR count). The summed E-state index contributed by atoms with van der Waals surface area (Å²) in [5, 5.41) is 12.8. The van der Waals surface area contributed by atoms with Gasteiger partial charge in [-0.15, -0.1) is 11.3 Å². The maximum Gasteiger partial charge on any atom is 0.0434 e. The van der Waals surface area contributed by atoms with Crippen LogP contribution >= 0.6 is 11.3 Å². The maximum absolute atomic E-state index is 2.36. The molecule has 0 N–H and O–H groups in total. The van der Waals surface area contributed by atoms with Crippen LogP contribution in [-0.4, -0.2) is 0 Å². The molecule has 274 valence electrons. The Morgan fingerprint density at radius 1 is 0.237 bits per heavy atom. The van der Waals surface area contributed by atoms with Crippen molar-refractivity contribution < 1.29 is 0 Å². The van der Waals surface area contributed by atoms with Gasteiger partial charge in [0.05, 0.1) is 0 Å². The third kappa shape index (κ3) is 5.29. The lowest BCUT2D eigenvalue weighted by molar-refractivity contribution is 1.61. The first kappa shape index (κ1) is 33.8. The fourth-order valence-corrected chi connectivity index (χ4v) is 11.1. The van der Waals surface area contributed by atoms with E-state index in [0.717, 1.165) is 0 Å². The van der Waals surface area contributed by atoms with Crippen molar-refractivity contribution in [2.75, 3.05) is 0 Å². The summed E-state index contributed by atoms with van der Waals surface area (Å²) in [6.07, 6.45) is 0. The number of fused-ring (bicyclic) bond motifs is 7. The third-order valence-electron chi connectivity index (χ3n) is 12.2. The highest BCUT2D eigenvalue weighted by atomic mass is 32.1. The molecule has 0 spiro atoms. The van der Waals surface area contributed by atoms with E-state index in [4.69, 9.17) is 0 Å². The summed E-state index contributed by atoms with van der Waals surface area (Å²) in [4.78, 5) is 0. The van der Waals surface area contributed by atoms with E-state index in [9.17, 15) is 0 Å². The van der Waals surface area contributed by atoms with E-state index in [1.54, 1.807) is 0 Å². The van der Waals surface area contributed by atoms with E-state index in [1.807, 2.05) is 11.3 Å². The minimum absolute atomic E-state index is 1.22. The lowest BCUT2D eigenvalue weighted by atomic mass is 9.84. The van der Waals surface area contributed by atoms with Gasteiger partial charge in [0.1, 0.15) is 0 Å². The van der Waals surface area contributed by atoms with Crippen molar-refractivity contribution in [1.82, 2.24) is 0 Å². The Morgan fingerprint density at radius 2 is 0.610 bits per heavy atom. The van der Waals surface area contributed by atoms with Crippen LogP contribution < -0.4 is 0 Å². The number of hydrogen-bond acceptors (Lipinski definition) is 1. The van der Waals surface area contributed by atoms with Crippen LogP contribution in [0.4, 0.5) is 0 Å². The maximum atomic E-state index is 2.36. The first-order chi connectivity index (χ1) is 29.3. The van der Waals surface area contributed by atoms with E-state index in [-0.39, 0.29) is 0 Å². The monoisotopic (exact) mass is 764 g/mol. The SMILES string of the molecule is c1ccc(-c2cccc(-c3c4ccccc4c(-c4cccc5sc6c(-c7c8ccccc8c(-c8ccccc8)c8ccccc78)cccc6c45)c4ccccc34)c2)cc1. The predicted octanol–water partition coefficient (Wildman–Crippen LogP) is 17.0. The third-order valence-corrected chi connectivity index (χ3v) is 13.4. The molecule has 0 radical (unpaired) electrons. The molecule has 0 fully saturated rings. The molecule has 0 aliphatic carbocycles. The highest BCUT2D eigenvalue weighted by molar-refractivity contribution is 7.26. The molecule has 0 saturated heterocycles. The normalized spacial score (nSPS) is 11.7. The Kier molecular flexibility index (Phi) is 7.82. The van der Waals surface area contributed by atoms with Gasteiger partial charge in [0, 0.05) is 25.7 Å². The highest BCUT2D eigenvalue weighted by Crippen LogP contribution is 2.51. The van der Waals surface area contributed by atoms with Crippen LogP contribution in [0, 0.1) is 0 Å². The van der Waals surface area contributed by atoms with Gasteiger partial charge in [0.15, 0.2) is 0 Å². The van der Waals surface area contributed by atoms with E-state index in [1.165, 1.54) is 119 Å². The van der Waals surface area contributed by atoms with Gasteiger partial charge >= 0.3 is 0 Å². The first-order valence-corrected chi connectivity index (χ1v) is 21.2. The van der Waals surface area contributed by atoms with Crippen LogP contribution in [0.3, 0.4) is 0 Å². The molecule has 1 heteroatoms. The Hall–Kier alpha value is -7.32. The van der Waals surface area contributed by atoms with Crippen LogP contribution in [0.2, 0.25) is 0 Å². The minimum atomic E-state index is 1.22. The summed E-state index contributed by atoms with van der Waals surface area (Å²) in [7, 11) is 0. The van der Waals surface area contributed by atoms with Crippen molar-refractivity contribution in [2.24, 2.45) is 0 Å². The topological polar surface area (TPSA) is 0 Å². The number of thiophene rings is 1. The van der Waals surface area contributed by atoms with Crippen molar-refractivity contribution in [3.05, 3.63) is 218 Å². The standard InChI is InChI=1S/C58H36S/c1-3-18-37(19-4-1)39-22-15-23-40(36-39)54-43-26-9-11-28-45(43)55(46-29-12-10-27-44(46)54)49-32-17-35-52-57(49)51-34-16-33-50(58(51)59-52)56-47-30-13-7-24-41(47)53(38-20-5-2-6-21-38)42-25-8-14-31-48(42)56/h1-36H. The Balaban J connectivity index is 1.14. The molecular weight excluding hydrogens is 729 g/mol. The second-order valence-electron chi connectivity index (χ2n) is 15.5. The molecule has 0 saturated carbocycles. The summed E-state index contributed by atoms with van der Waals surface area (Å²) >= 11 is 1.92. The van der Waals surface area contributed by atoms with Crippen LogP contribution in [-0.2, 0) is 0 Å². The Labute approximate surface area is 346 Å². The predicted molar refractivity (Wildman–Crippen MR) is 257 cm³/mol. The Bertz CT molecular complexity index is 3480. The lowest BCUT2D eigenvalue weighted by Gasteiger charge is -2.19. The molecule has 1 heterocycles. The zero-order valence-corrected chi connectivity index (χ0v) is 33.0. The van der Waals surface area contributed by atoms with Crippen molar-refractivity contribution in [2.45, 2.75) is 0 Å². The summed E-state index contributed by atoms with van der Waals surface area (Å²) < 4.78 is 2.62. The van der Waals surface area contributed by atoms with Gasteiger partial charge < -0.3 is 0 Å². The second-order valence-corrected chi connectivity index (χ2v) is 16.5. The van der Waals surface area contributed by atoms with E-state index in [0.29, 0.717) is 0 Å². The smallest absolute Gasteiger partial charge is 0.0434 e. The van der Waals surface area contributed by atoms with Crippen molar-refractivity contribution in [1.29, 1.82) is 0 Å². The van der Waals surface area contributed by atoms with Gasteiger partial charge in [-0.3, -0.25) is 0 Å². The molecule has 12 aromatic rings. The van der Waals surface area contributed by atoms with Crippen LogP contribution in [0.5, 0.6) is 0 Å². The summed E-state index contributed by atoms with van der Waals surface area (Å²) in [6, 6.07) is 80.5. The number of benzene rings is 11. The van der Waals surface area contributed by atoms with Crippen molar-refractivity contribution in [3.8, 4) is 55.6 Å². The van der Waals surface area contributed by atoms with Gasteiger partial charge in [-0.2, -0.15) is 0 Å².